The van der Waals surface area contributed by atoms with E-state index in [2.05, 4.69) is 0 Å². The highest BCUT2D eigenvalue weighted by atomic mass is 32.2. The zero-order valence-electron chi connectivity index (χ0n) is 11.4. The maximum absolute atomic E-state index is 12.1. The van der Waals surface area contributed by atoms with Crippen LogP contribution in [0, 0.1) is 0 Å². The number of hydrogen-bond donors (Lipinski definition) is 2. The molecule has 2 aromatic carbocycles. The summed E-state index contributed by atoms with van der Waals surface area (Å²) in [6.45, 7) is 0. The van der Waals surface area contributed by atoms with E-state index >= 15 is 0 Å². The lowest BCUT2D eigenvalue weighted by molar-refractivity contribution is 0.428. The topological polar surface area (TPSA) is 70.7 Å². The molecule has 2 N–H and O–H groups in total. The highest BCUT2D eigenvalue weighted by Gasteiger charge is 2.15. The smallest absolute Gasteiger partial charge is 0.354 e. The third kappa shape index (κ3) is 2.84. The van der Waals surface area contributed by atoms with Gasteiger partial charge in [-0.2, -0.15) is 0 Å². The summed E-state index contributed by atoms with van der Waals surface area (Å²) in [5, 5.41) is 19.9. The van der Waals surface area contributed by atoms with Crippen LogP contribution in [-0.2, 0) is 0 Å². The molecule has 0 spiro atoms. The predicted octanol–water partition coefficient (Wildman–Crippen LogP) is 3.87. The van der Waals surface area contributed by atoms with E-state index in [9.17, 15) is 15.0 Å². The molecule has 0 atom stereocenters. The first kappa shape index (κ1) is 14.3. The van der Waals surface area contributed by atoms with E-state index in [1.807, 2.05) is 30.3 Å². The zero-order chi connectivity index (χ0) is 15.5. The SMILES string of the molecule is O=c1oc(-c2ccccc2O)cc(O)c1Sc1ccccc1. The van der Waals surface area contributed by atoms with Crippen molar-refractivity contribution in [3.63, 3.8) is 0 Å². The van der Waals surface area contributed by atoms with Gasteiger partial charge in [0.25, 0.3) is 0 Å². The van der Waals surface area contributed by atoms with Crippen molar-refractivity contribution < 1.29 is 14.6 Å². The molecule has 0 aliphatic rings. The Balaban J connectivity index is 2.02. The fraction of sp³-hybridized carbons (Fsp3) is 0. The molecule has 3 aromatic rings. The fourth-order valence-corrected chi connectivity index (χ4v) is 2.80. The van der Waals surface area contributed by atoms with Crippen LogP contribution in [0.15, 0.2) is 79.7 Å². The fourth-order valence-electron chi connectivity index (χ4n) is 1.99. The van der Waals surface area contributed by atoms with Gasteiger partial charge in [0.2, 0.25) is 0 Å². The highest BCUT2D eigenvalue weighted by molar-refractivity contribution is 7.99. The van der Waals surface area contributed by atoms with E-state index in [-0.39, 0.29) is 22.2 Å². The lowest BCUT2D eigenvalue weighted by Crippen LogP contribution is -2.02. The Morgan fingerprint density at radius 2 is 1.55 bits per heavy atom. The Hall–Kier alpha value is -2.66. The molecule has 110 valence electrons. The summed E-state index contributed by atoms with van der Waals surface area (Å²) < 4.78 is 5.23. The first-order valence-electron chi connectivity index (χ1n) is 6.53. The summed E-state index contributed by atoms with van der Waals surface area (Å²) in [5.41, 5.74) is -0.293. The second-order valence-corrected chi connectivity index (χ2v) is 5.63. The van der Waals surface area contributed by atoms with Crippen LogP contribution in [0.1, 0.15) is 0 Å². The van der Waals surface area contributed by atoms with E-state index in [0.717, 1.165) is 16.7 Å². The van der Waals surface area contributed by atoms with Gasteiger partial charge in [-0.25, -0.2) is 4.79 Å². The first-order valence-corrected chi connectivity index (χ1v) is 7.35. The van der Waals surface area contributed by atoms with Crippen molar-refractivity contribution in [1.29, 1.82) is 0 Å². The Kier molecular flexibility index (Phi) is 3.89. The van der Waals surface area contributed by atoms with Crippen LogP contribution in [-0.4, -0.2) is 10.2 Å². The average Bonchev–Trinajstić information content (AvgIpc) is 2.52. The number of benzene rings is 2. The van der Waals surface area contributed by atoms with Crippen LogP contribution in [0.3, 0.4) is 0 Å². The van der Waals surface area contributed by atoms with Gasteiger partial charge in [-0.1, -0.05) is 42.1 Å². The first-order chi connectivity index (χ1) is 10.6. The molecule has 0 aliphatic heterocycles. The Labute approximate surface area is 130 Å². The third-order valence-electron chi connectivity index (χ3n) is 3.02. The molecule has 0 bridgehead atoms. The van der Waals surface area contributed by atoms with E-state index in [1.54, 1.807) is 18.2 Å². The average molecular weight is 312 g/mol. The standard InChI is InChI=1S/C17H12O4S/c18-13-9-5-4-8-12(13)15-10-14(19)16(17(20)21-15)22-11-6-2-1-3-7-11/h1-10,18-19H. The highest BCUT2D eigenvalue weighted by Crippen LogP contribution is 2.35. The maximum Gasteiger partial charge on any atom is 0.354 e. The Morgan fingerprint density at radius 3 is 2.23 bits per heavy atom. The van der Waals surface area contributed by atoms with Gasteiger partial charge in [0.15, 0.2) is 0 Å². The predicted molar refractivity (Wildman–Crippen MR) is 84.3 cm³/mol. The molecular weight excluding hydrogens is 300 g/mol. The van der Waals surface area contributed by atoms with Gasteiger partial charge in [-0.05, 0) is 24.3 Å². The van der Waals surface area contributed by atoms with Crippen molar-refractivity contribution >= 4 is 11.8 Å². The van der Waals surface area contributed by atoms with Crippen molar-refractivity contribution in [1.82, 2.24) is 0 Å². The molecule has 0 saturated heterocycles. The molecule has 4 nitrogen and oxygen atoms in total. The van der Waals surface area contributed by atoms with Crippen LogP contribution in [0.5, 0.6) is 11.5 Å². The molecule has 0 amide bonds. The summed E-state index contributed by atoms with van der Waals surface area (Å²) in [7, 11) is 0. The monoisotopic (exact) mass is 312 g/mol. The quantitative estimate of drug-likeness (QED) is 0.768. The number of aromatic hydroxyl groups is 2. The molecule has 0 aliphatic carbocycles. The summed E-state index contributed by atoms with van der Waals surface area (Å²) in [6.07, 6.45) is 0. The van der Waals surface area contributed by atoms with E-state index in [1.165, 1.54) is 12.1 Å². The van der Waals surface area contributed by atoms with Gasteiger partial charge in [0.1, 0.15) is 22.2 Å². The largest absolute Gasteiger partial charge is 0.507 e. The van der Waals surface area contributed by atoms with E-state index < -0.39 is 5.63 Å². The molecule has 1 aromatic heterocycles. The minimum atomic E-state index is -0.646. The summed E-state index contributed by atoms with van der Waals surface area (Å²) >= 11 is 1.13. The third-order valence-corrected chi connectivity index (χ3v) is 4.11. The van der Waals surface area contributed by atoms with E-state index in [0.29, 0.717) is 5.56 Å². The van der Waals surface area contributed by atoms with Crippen LogP contribution < -0.4 is 5.63 Å². The van der Waals surface area contributed by atoms with Crippen molar-refractivity contribution in [3.8, 4) is 22.8 Å². The molecule has 1 heterocycles. The molecule has 5 heteroatoms. The van der Waals surface area contributed by atoms with Gasteiger partial charge in [-0.15, -0.1) is 0 Å². The molecule has 22 heavy (non-hydrogen) atoms. The van der Waals surface area contributed by atoms with Crippen molar-refractivity contribution in [2.75, 3.05) is 0 Å². The summed E-state index contributed by atoms with van der Waals surface area (Å²) in [5.74, 6) is -0.0742. The zero-order valence-corrected chi connectivity index (χ0v) is 12.2. The van der Waals surface area contributed by atoms with Crippen molar-refractivity contribution in [3.05, 3.63) is 71.1 Å². The lowest BCUT2D eigenvalue weighted by atomic mass is 10.1. The van der Waals surface area contributed by atoms with Gasteiger partial charge in [-0.3, -0.25) is 0 Å². The Bertz CT molecular complexity index is 856. The number of hydrogen-bond acceptors (Lipinski definition) is 5. The molecule has 0 fully saturated rings. The van der Waals surface area contributed by atoms with Crippen molar-refractivity contribution in [2.24, 2.45) is 0 Å². The number of phenols is 1. The van der Waals surface area contributed by atoms with Crippen LogP contribution in [0.4, 0.5) is 0 Å². The number of rotatable bonds is 3. The van der Waals surface area contributed by atoms with Crippen molar-refractivity contribution in [2.45, 2.75) is 9.79 Å². The minimum absolute atomic E-state index is 0.0199. The lowest BCUT2D eigenvalue weighted by Gasteiger charge is -2.07. The molecule has 0 saturated carbocycles. The summed E-state index contributed by atoms with van der Waals surface area (Å²) in [4.78, 5) is 13.1. The number of phenolic OH excluding ortho intramolecular Hbond substituents is 1. The summed E-state index contributed by atoms with van der Waals surface area (Å²) in [6, 6.07) is 17.0. The van der Waals surface area contributed by atoms with Crippen LogP contribution in [0.25, 0.3) is 11.3 Å². The minimum Gasteiger partial charge on any atom is -0.507 e. The van der Waals surface area contributed by atoms with Gasteiger partial charge >= 0.3 is 5.63 Å². The van der Waals surface area contributed by atoms with Gasteiger partial charge in [0.05, 0.1) is 5.56 Å². The molecule has 3 rings (SSSR count). The molecular formula is C17H12O4S. The Morgan fingerprint density at radius 1 is 0.864 bits per heavy atom. The second kappa shape index (κ2) is 5.99. The van der Waals surface area contributed by atoms with Crippen LogP contribution >= 0.6 is 11.8 Å². The van der Waals surface area contributed by atoms with Crippen LogP contribution in [0.2, 0.25) is 0 Å². The van der Waals surface area contributed by atoms with Gasteiger partial charge in [0, 0.05) is 11.0 Å². The van der Waals surface area contributed by atoms with Gasteiger partial charge < -0.3 is 14.6 Å². The van der Waals surface area contributed by atoms with E-state index in [4.69, 9.17) is 4.42 Å². The number of para-hydroxylation sites is 1. The maximum atomic E-state index is 12.1. The molecule has 0 radical (unpaired) electrons. The second-order valence-electron chi connectivity index (χ2n) is 4.54. The normalized spacial score (nSPS) is 10.5. The molecule has 0 unspecified atom stereocenters.